The van der Waals surface area contributed by atoms with Crippen LogP contribution in [0.3, 0.4) is 0 Å². The van der Waals surface area contributed by atoms with Crippen LogP contribution in [0.4, 0.5) is 0 Å². The van der Waals surface area contributed by atoms with Crippen molar-refractivity contribution in [2.45, 2.75) is 44.8 Å². The van der Waals surface area contributed by atoms with Gasteiger partial charge in [0.2, 0.25) is 0 Å². The fourth-order valence-corrected chi connectivity index (χ4v) is 4.67. The number of nitrogens with zero attached hydrogens (tertiary/aromatic N) is 1. The highest BCUT2D eigenvalue weighted by molar-refractivity contribution is 5.68. The second-order valence-corrected chi connectivity index (χ2v) is 9.04. The summed E-state index contributed by atoms with van der Waals surface area (Å²) >= 11 is 0. The van der Waals surface area contributed by atoms with Crippen molar-refractivity contribution >= 4 is 5.97 Å². The minimum absolute atomic E-state index is 0.0846. The first-order chi connectivity index (χ1) is 16.6. The molecule has 1 aliphatic rings. The lowest BCUT2D eigenvalue weighted by molar-refractivity contribution is -0.137. The fraction of sp³-hybridized carbons (Fsp3) is 0.300. The molecule has 1 saturated heterocycles. The van der Waals surface area contributed by atoms with Crippen LogP contribution in [0.1, 0.15) is 53.9 Å². The number of ether oxygens (including phenoxy) is 1. The van der Waals surface area contributed by atoms with Crippen LogP contribution in [0.2, 0.25) is 0 Å². The normalized spacial score (nSPS) is 17.1. The van der Waals surface area contributed by atoms with E-state index in [-0.39, 0.29) is 12.3 Å². The third kappa shape index (κ3) is 6.58. The van der Waals surface area contributed by atoms with Gasteiger partial charge in [0.15, 0.2) is 0 Å². The van der Waals surface area contributed by atoms with E-state index in [0.717, 1.165) is 36.5 Å². The monoisotopic (exact) mass is 455 g/mol. The quantitative estimate of drug-likeness (QED) is 0.360. The molecule has 4 heteroatoms. The van der Waals surface area contributed by atoms with Crippen molar-refractivity contribution in [3.05, 3.63) is 113 Å². The number of likely N-dealkylation sites (tertiary alicyclic amines) is 1. The van der Waals surface area contributed by atoms with Gasteiger partial charge in [-0.1, -0.05) is 78.9 Å². The zero-order valence-electron chi connectivity index (χ0n) is 19.8. The number of rotatable bonds is 10. The average Bonchev–Trinajstić information content (AvgIpc) is 3.32. The SMILES string of the molecule is CC=C[C@H](CC(=O)O)c1ccc(OCc2ccc(CN3CCC(c4ccccc4)C3)cc2)cc1. The van der Waals surface area contributed by atoms with E-state index in [1.165, 1.54) is 17.5 Å². The summed E-state index contributed by atoms with van der Waals surface area (Å²) in [5, 5.41) is 9.13. The molecule has 2 atom stereocenters. The van der Waals surface area contributed by atoms with Gasteiger partial charge in [0.05, 0.1) is 6.42 Å². The molecule has 176 valence electrons. The van der Waals surface area contributed by atoms with Crippen molar-refractivity contribution in [1.82, 2.24) is 4.90 Å². The smallest absolute Gasteiger partial charge is 0.304 e. The Balaban J connectivity index is 1.27. The average molecular weight is 456 g/mol. The number of allylic oxidation sites excluding steroid dienone is 2. The van der Waals surface area contributed by atoms with E-state index < -0.39 is 5.97 Å². The zero-order chi connectivity index (χ0) is 23.8. The molecule has 1 aliphatic heterocycles. The lowest BCUT2D eigenvalue weighted by Crippen LogP contribution is -2.19. The summed E-state index contributed by atoms with van der Waals surface area (Å²) in [6.45, 7) is 5.65. The number of benzene rings is 3. The molecule has 34 heavy (non-hydrogen) atoms. The summed E-state index contributed by atoms with van der Waals surface area (Å²) in [4.78, 5) is 13.7. The summed E-state index contributed by atoms with van der Waals surface area (Å²) in [5.41, 5.74) is 4.89. The molecule has 1 heterocycles. The topological polar surface area (TPSA) is 49.8 Å². The molecular formula is C30H33NO3. The van der Waals surface area contributed by atoms with Crippen molar-refractivity contribution < 1.29 is 14.6 Å². The lowest BCUT2D eigenvalue weighted by Gasteiger charge is -2.17. The number of hydrogen-bond donors (Lipinski definition) is 1. The van der Waals surface area contributed by atoms with Crippen molar-refractivity contribution in [1.29, 1.82) is 0 Å². The van der Waals surface area contributed by atoms with Crippen molar-refractivity contribution in [3.8, 4) is 5.75 Å². The van der Waals surface area contributed by atoms with Gasteiger partial charge < -0.3 is 9.84 Å². The van der Waals surface area contributed by atoms with Crippen LogP contribution >= 0.6 is 0 Å². The maximum Gasteiger partial charge on any atom is 0.304 e. The molecule has 1 unspecified atom stereocenters. The highest BCUT2D eigenvalue weighted by Gasteiger charge is 2.23. The summed E-state index contributed by atoms with van der Waals surface area (Å²) in [6.07, 6.45) is 5.13. The van der Waals surface area contributed by atoms with E-state index in [2.05, 4.69) is 59.5 Å². The van der Waals surface area contributed by atoms with E-state index in [0.29, 0.717) is 12.5 Å². The van der Waals surface area contributed by atoms with Crippen LogP contribution in [-0.2, 0) is 17.9 Å². The zero-order valence-corrected chi connectivity index (χ0v) is 19.8. The first-order valence-electron chi connectivity index (χ1n) is 12.0. The van der Waals surface area contributed by atoms with Gasteiger partial charge in [-0.2, -0.15) is 0 Å². The molecule has 4 nitrogen and oxygen atoms in total. The van der Waals surface area contributed by atoms with E-state index in [4.69, 9.17) is 9.84 Å². The van der Waals surface area contributed by atoms with Gasteiger partial charge in [-0.25, -0.2) is 0 Å². The molecule has 0 amide bonds. The molecule has 0 aliphatic carbocycles. The number of aliphatic carboxylic acids is 1. The van der Waals surface area contributed by atoms with Crippen LogP contribution in [0, 0.1) is 0 Å². The van der Waals surface area contributed by atoms with Crippen LogP contribution in [0.5, 0.6) is 5.75 Å². The Morgan fingerprint density at radius 3 is 2.41 bits per heavy atom. The standard InChI is InChI=1S/C30H33NO3/c1-2-6-27(19-30(32)33)26-13-15-29(16-14-26)34-22-24-11-9-23(10-12-24)20-31-18-17-28(21-31)25-7-4-3-5-8-25/h2-16,27-28H,17-22H2,1H3,(H,32,33)/t27-,28?/m1/s1. The predicted molar refractivity (Wildman–Crippen MR) is 136 cm³/mol. The number of carboxylic acids is 1. The molecule has 1 fully saturated rings. The Morgan fingerprint density at radius 2 is 1.74 bits per heavy atom. The maximum absolute atomic E-state index is 11.1. The van der Waals surface area contributed by atoms with Gasteiger partial charge in [-0.05, 0) is 60.2 Å². The van der Waals surface area contributed by atoms with Gasteiger partial charge in [0, 0.05) is 19.0 Å². The van der Waals surface area contributed by atoms with E-state index in [1.54, 1.807) is 0 Å². The molecule has 1 N–H and O–H groups in total. The summed E-state index contributed by atoms with van der Waals surface area (Å²) in [5.74, 6) is 0.499. The Hall–Kier alpha value is -3.37. The summed E-state index contributed by atoms with van der Waals surface area (Å²) in [6, 6.07) is 27.2. The summed E-state index contributed by atoms with van der Waals surface area (Å²) < 4.78 is 5.96. The van der Waals surface area contributed by atoms with Crippen LogP contribution in [0.15, 0.2) is 91.0 Å². The number of carboxylic acid groups (broad SMARTS) is 1. The highest BCUT2D eigenvalue weighted by atomic mass is 16.5. The number of carbonyl (C=O) groups is 1. The molecule has 3 aromatic carbocycles. The fourth-order valence-electron chi connectivity index (χ4n) is 4.67. The first kappa shape index (κ1) is 23.8. The maximum atomic E-state index is 11.1. The molecule has 0 aromatic heterocycles. The Kier molecular flexibility index (Phi) is 8.16. The van der Waals surface area contributed by atoms with Gasteiger partial charge >= 0.3 is 5.97 Å². The third-order valence-corrected chi connectivity index (χ3v) is 6.51. The van der Waals surface area contributed by atoms with Gasteiger partial charge in [-0.15, -0.1) is 0 Å². The van der Waals surface area contributed by atoms with Crippen LogP contribution in [0.25, 0.3) is 0 Å². The van der Waals surface area contributed by atoms with Crippen molar-refractivity contribution in [2.75, 3.05) is 13.1 Å². The highest BCUT2D eigenvalue weighted by Crippen LogP contribution is 2.28. The number of hydrogen-bond acceptors (Lipinski definition) is 3. The first-order valence-corrected chi connectivity index (χ1v) is 12.0. The van der Waals surface area contributed by atoms with E-state index >= 15 is 0 Å². The van der Waals surface area contributed by atoms with Crippen molar-refractivity contribution in [3.63, 3.8) is 0 Å². The van der Waals surface area contributed by atoms with E-state index in [1.807, 2.05) is 43.3 Å². The minimum atomic E-state index is -0.799. The largest absolute Gasteiger partial charge is 0.489 e. The Bertz CT molecular complexity index is 1070. The molecule has 3 aromatic rings. The van der Waals surface area contributed by atoms with E-state index in [9.17, 15) is 4.79 Å². The van der Waals surface area contributed by atoms with Crippen LogP contribution < -0.4 is 4.74 Å². The predicted octanol–water partition coefficient (Wildman–Crippen LogP) is 6.39. The Morgan fingerprint density at radius 1 is 1.03 bits per heavy atom. The van der Waals surface area contributed by atoms with Gasteiger partial charge in [-0.3, -0.25) is 9.69 Å². The second-order valence-electron chi connectivity index (χ2n) is 9.04. The lowest BCUT2D eigenvalue weighted by atomic mass is 9.95. The third-order valence-electron chi connectivity index (χ3n) is 6.51. The van der Waals surface area contributed by atoms with Crippen molar-refractivity contribution in [2.24, 2.45) is 0 Å². The van der Waals surface area contributed by atoms with Gasteiger partial charge in [0.25, 0.3) is 0 Å². The summed E-state index contributed by atoms with van der Waals surface area (Å²) in [7, 11) is 0. The molecule has 0 bridgehead atoms. The molecule has 0 radical (unpaired) electrons. The molecule has 0 saturated carbocycles. The molecule has 4 rings (SSSR count). The van der Waals surface area contributed by atoms with Crippen LogP contribution in [-0.4, -0.2) is 29.1 Å². The minimum Gasteiger partial charge on any atom is -0.489 e. The van der Waals surface area contributed by atoms with Gasteiger partial charge in [0.1, 0.15) is 12.4 Å². The molecular weight excluding hydrogens is 422 g/mol. The molecule has 0 spiro atoms. The Labute approximate surface area is 202 Å². The second kappa shape index (κ2) is 11.7.